The zero-order valence-corrected chi connectivity index (χ0v) is 15.8. The number of carbonyl (C=O) groups is 4. The summed E-state index contributed by atoms with van der Waals surface area (Å²) in [7, 11) is 1.23. The quantitative estimate of drug-likeness (QED) is 0.719. The zero-order valence-electron chi connectivity index (χ0n) is 15.8. The lowest BCUT2D eigenvalue weighted by Crippen LogP contribution is -2.63. The number of esters is 1. The molecule has 0 saturated carbocycles. The van der Waals surface area contributed by atoms with E-state index in [1.54, 1.807) is 12.1 Å². The molecule has 0 unspecified atom stereocenters. The molecular weight excluding hydrogens is 384 g/mol. The van der Waals surface area contributed by atoms with Crippen molar-refractivity contribution in [2.24, 2.45) is 0 Å². The molecule has 154 valence electrons. The van der Waals surface area contributed by atoms with E-state index in [9.17, 15) is 19.2 Å². The number of nitrogens with zero attached hydrogens (tertiary/aromatic N) is 3. The molecule has 1 aromatic rings. The number of hydrazine groups is 2. The van der Waals surface area contributed by atoms with Crippen LogP contribution in [0.2, 0.25) is 0 Å². The molecule has 1 N–H and O–H groups in total. The van der Waals surface area contributed by atoms with Crippen molar-refractivity contribution in [1.29, 1.82) is 0 Å². The highest BCUT2D eigenvalue weighted by Gasteiger charge is 2.44. The SMILES string of the molecule is COC(=O)[C@@H]1CCCN2C(=O)CCN(NC(=O)c3ccc4c(c3)OCO4)C(=O)N12. The maximum atomic E-state index is 13.1. The summed E-state index contributed by atoms with van der Waals surface area (Å²) in [5, 5.41) is 3.40. The average Bonchev–Trinajstić information content (AvgIpc) is 3.18. The number of carbonyl (C=O) groups excluding carboxylic acids is 4. The van der Waals surface area contributed by atoms with Gasteiger partial charge in [-0.2, -0.15) is 0 Å². The Labute approximate surface area is 166 Å². The van der Waals surface area contributed by atoms with E-state index in [-0.39, 0.29) is 31.2 Å². The number of rotatable bonds is 3. The summed E-state index contributed by atoms with van der Waals surface area (Å²) in [4.78, 5) is 50.4. The van der Waals surface area contributed by atoms with Gasteiger partial charge in [-0.05, 0) is 31.0 Å². The minimum absolute atomic E-state index is 0.0115. The van der Waals surface area contributed by atoms with E-state index in [4.69, 9.17) is 14.2 Å². The van der Waals surface area contributed by atoms with Gasteiger partial charge in [0.25, 0.3) is 5.91 Å². The van der Waals surface area contributed by atoms with Crippen molar-refractivity contribution < 1.29 is 33.4 Å². The van der Waals surface area contributed by atoms with Crippen LogP contribution in [0.5, 0.6) is 11.5 Å². The summed E-state index contributed by atoms with van der Waals surface area (Å²) >= 11 is 0. The minimum atomic E-state index is -0.923. The number of hydrogen-bond donors (Lipinski definition) is 1. The second-order valence-electron chi connectivity index (χ2n) is 6.74. The van der Waals surface area contributed by atoms with Gasteiger partial charge in [-0.1, -0.05) is 0 Å². The van der Waals surface area contributed by atoms with Crippen LogP contribution in [0.4, 0.5) is 4.79 Å². The van der Waals surface area contributed by atoms with E-state index in [0.717, 1.165) is 10.0 Å². The van der Waals surface area contributed by atoms with Gasteiger partial charge in [0.1, 0.15) is 0 Å². The van der Waals surface area contributed by atoms with Gasteiger partial charge in [-0.25, -0.2) is 24.6 Å². The number of fused-ring (bicyclic) bond motifs is 2. The van der Waals surface area contributed by atoms with Crippen molar-refractivity contribution in [3.8, 4) is 11.5 Å². The Morgan fingerprint density at radius 3 is 2.76 bits per heavy atom. The van der Waals surface area contributed by atoms with Crippen molar-refractivity contribution in [2.45, 2.75) is 25.3 Å². The smallest absolute Gasteiger partial charge is 0.358 e. The lowest BCUT2D eigenvalue weighted by atomic mass is 10.1. The molecule has 11 nitrogen and oxygen atoms in total. The highest BCUT2D eigenvalue weighted by atomic mass is 16.7. The predicted octanol–water partition coefficient (Wildman–Crippen LogP) is 0.267. The molecule has 3 aliphatic heterocycles. The lowest BCUT2D eigenvalue weighted by molar-refractivity contribution is -0.164. The van der Waals surface area contributed by atoms with Gasteiger partial charge in [0.15, 0.2) is 17.5 Å². The summed E-state index contributed by atoms with van der Waals surface area (Å²) < 4.78 is 15.3. The van der Waals surface area contributed by atoms with Crippen LogP contribution < -0.4 is 14.9 Å². The molecule has 1 atom stereocenters. The second-order valence-corrected chi connectivity index (χ2v) is 6.74. The number of hydrogen-bond acceptors (Lipinski definition) is 7. The number of urea groups is 1. The van der Waals surface area contributed by atoms with Gasteiger partial charge in [0, 0.05) is 18.5 Å². The zero-order chi connectivity index (χ0) is 20.5. The summed E-state index contributed by atoms with van der Waals surface area (Å²) in [6, 6.07) is 3.06. The molecule has 4 rings (SSSR count). The fraction of sp³-hybridized carbons (Fsp3) is 0.444. The molecule has 3 heterocycles. The average molecular weight is 404 g/mol. The first-order valence-corrected chi connectivity index (χ1v) is 9.19. The van der Waals surface area contributed by atoms with Gasteiger partial charge < -0.3 is 14.2 Å². The van der Waals surface area contributed by atoms with Crippen molar-refractivity contribution >= 4 is 23.8 Å². The maximum absolute atomic E-state index is 13.1. The van der Waals surface area contributed by atoms with Crippen LogP contribution in [-0.4, -0.2) is 71.9 Å². The first-order valence-electron chi connectivity index (χ1n) is 9.19. The number of benzene rings is 1. The van der Waals surface area contributed by atoms with Crippen LogP contribution in [0.1, 0.15) is 29.6 Å². The van der Waals surface area contributed by atoms with E-state index >= 15 is 0 Å². The maximum Gasteiger partial charge on any atom is 0.358 e. The van der Waals surface area contributed by atoms with Crippen LogP contribution in [0.3, 0.4) is 0 Å². The number of nitrogens with one attached hydrogen (secondary N) is 1. The molecule has 2 saturated heterocycles. The summed E-state index contributed by atoms with van der Waals surface area (Å²) in [6.07, 6.45) is 0.947. The fourth-order valence-electron chi connectivity index (χ4n) is 3.55. The van der Waals surface area contributed by atoms with Crippen LogP contribution >= 0.6 is 0 Å². The third kappa shape index (κ3) is 3.39. The fourth-order valence-corrected chi connectivity index (χ4v) is 3.55. The first-order chi connectivity index (χ1) is 14.0. The number of amides is 4. The van der Waals surface area contributed by atoms with Gasteiger partial charge in [-0.15, -0.1) is 0 Å². The van der Waals surface area contributed by atoms with Crippen LogP contribution in [0.25, 0.3) is 0 Å². The van der Waals surface area contributed by atoms with Crippen molar-refractivity contribution in [3.05, 3.63) is 23.8 Å². The highest BCUT2D eigenvalue weighted by molar-refractivity contribution is 5.97. The largest absolute Gasteiger partial charge is 0.467 e. The summed E-state index contributed by atoms with van der Waals surface area (Å²) in [5.74, 6) is -0.499. The van der Waals surface area contributed by atoms with E-state index in [0.29, 0.717) is 30.9 Å². The molecule has 3 aliphatic rings. The second kappa shape index (κ2) is 7.49. The van der Waals surface area contributed by atoms with E-state index in [1.807, 2.05) is 0 Å². The Morgan fingerprint density at radius 1 is 1.17 bits per heavy atom. The van der Waals surface area contributed by atoms with E-state index in [2.05, 4.69) is 5.43 Å². The molecule has 4 amide bonds. The first kappa shape index (κ1) is 18.8. The van der Waals surface area contributed by atoms with E-state index < -0.39 is 23.9 Å². The molecule has 29 heavy (non-hydrogen) atoms. The third-order valence-corrected chi connectivity index (χ3v) is 5.01. The minimum Gasteiger partial charge on any atom is -0.467 e. The van der Waals surface area contributed by atoms with Gasteiger partial charge in [0.05, 0.1) is 13.7 Å². The molecule has 0 radical (unpaired) electrons. The van der Waals surface area contributed by atoms with Crippen LogP contribution in [0, 0.1) is 0 Å². The number of ether oxygens (including phenoxy) is 3. The summed E-state index contributed by atoms with van der Waals surface area (Å²) in [6.45, 7) is 0.379. The Bertz CT molecular complexity index is 874. The summed E-state index contributed by atoms with van der Waals surface area (Å²) in [5.41, 5.74) is 2.78. The van der Waals surface area contributed by atoms with Crippen LogP contribution in [0.15, 0.2) is 18.2 Å². The molecule has 1 aromatic carbocycles. The van der Waals surface area contributed by atoms with Crippen molar-refractivity contribution in [2.75, 3.05) is 27.0 Å². The molecule has 0 aliphatic carbocycles. The normalized spacial score (nSPS) is 20.9. The van der Waals surface area contributed by atoms with Crippen LogP contribution in [-0.2, 0) is 14.3 Å². The Balaban J connectivity index is 1.55. The highest BCUT2D eigenvalue weighted by Crippen LogP contribution is 2.32. The molecule has 0 aromatic heterocycles. The standard InChI is InChI=1S/C18H20N4O7/c1-27-17(25)12-3-2-7-21-15(23)6-8-20(18(26)22(12)21)19-16(24)11-4-5-13-14(9-11)29-10-28-13/h4-5,9,12H,2-3,6-8,10H2,1H3,(H,19,24)/t12-/m0/s1. The molecule has 0 bridgehead atoms. The Morgan fingerprint density at radius 2 is 1.97 bits per heavy atom. The third-order valence-electron chi connectivity index (χ3n) is 5.01. The van der Waals surface area contributed by atoms with Gasteiger partial charge in [-0.3, -0.25) is 15.0 Å². The Kier molecular flexibility index (Phi) is 4.87. The van der Waals surface area contributed by atoms with E-state index in [1.165, 1.54) is 18.2 Å². The topological polar surface area (TPSA) is 118 Å². The molecule has 2 fully saturated rings. The molecule has 0 spiro atoms. The van der Waals surface area contributed by atoms with Crippen molar-refractivity contribution in [1.82, 2.24) is 20.5 Å². The number of methoxy groups -OCH3 is 1. The molecule has 11 heteroatoms. The van der Waals surface area contributed by atoms with Gasteiger partial charge >= 0.3 is 12.0 Å². The Hall–Kier alpha value is -3.50. The van der Waals surface area contributed by atoms with Gasteiger partial charge in [0.2, 0.25) is 12.7 Å². The lowest BCUT2D eigenvalue weighted by Gasteiger charge is -2.42. The monoisotopic (exact) mass is 404 g/mol. The molecular formula is C18H20N4O7. The predicted molar refractivity (Wildman–Crippen MR) is 95.3 cm³/mol. The van der Waals surface area contributed by atoms with Crippen molar-refractivity contribution in [3.63, 3.8) is 0 Å².